The summed E-state index contributed by atoms with van der Waals surface area (Å²) >= 11 is 0. The summed E-state index contributed by atoms with van der Waals surface area (Å²) in [7, 11) is -3.11. The highest BCUT2D eigenvalue weighted by Gasteiger charge is 2.14. The maximum Gasteiger partial charge on any atom is 0.157 e. The van der Waals surface area contributed by atoms with Gasteiger partial charge in [-0.25, -0.2) is 8.42 Å². The zero-order chi connectivity index (χ0) is 10.3. The van der Waals surface area contributed by atoms with Crippen molar-refractivity contribution in [2.24, 2.45) is 0 Å². The van der Waals surface area contributed by atoms with Crippen LogP contribution < -0.4 is 0 Å². The van der Waals surface area contributed by atoms with Crippen molar-refractivity contribution in [2.45, 2.75) is 39.5 Å². The fourth-order valence-electron chi connectivity index (χ4n) is 0.991. The maximum absolute atomic E-state index is 11.3. The Morgan fingerprint density at radius 2 is 1.77 bits per heavy atom. The first kappa shape index (κ1) is 12.6. The van der Waals surface area contributed by atoms with Crippen LogP contribution in [0.25, 0.3) is 0 Å². The molecule has 0 radical (unpaired) electrons. The summed E-state index contributed by atoms with van der Waals surface area (Å²) in [6.45, 7) is 3.70. The van der Waals surface area contributed by atoms with Gasteiger partial charge in [-0.15, -0.1) is 0 Å². The van der Waals surface area contributed by atoms with Crippen molar-refractivity contribution in [1.29, 1.82) is 0 Å². The average molecular weight is 206 g/mol. The van der Waals surface area contributed by atoms with E-state index in [0.717, 1.165) is 12.8 Å². The molecule has 0 bridgehead atoms. The fourth-order valence-corrected chi connectivity index (χ4v) is 2.47. The maximum atomic E-state index is 11.3. The average Bonchev–Trinajstić information content (AvgIpc) is 2.03. The Morgan fingerprint density at radius 3 is 2.23 bits per heavy atom. The minimum absolute atomic E-state index is 0.159. The molecule has 0 amide bonds. The molecule has 4 heteroatoms. The third-order valence-corrected chi connectivity index (χ3v) is 3.51. The van der Waals surface area contributed by atoms with Crippen LogP contribution in [-0.2, 0) is 14.6 Å². The first-order valence-corrected chi connectivity index (χ1v) is 6.56. The summed E-state index contributed by atoms with van der Waals surface area (Å²) in [5.74, 6) is -0.295. The molecule has 0 aromatic heterocycles. The van der Waals surface area contributed by atoms with E-state index in [1.807, 2.05) is 6.92 Å². The lowest BCUT2D eigenvalue weighted by Gasteiger charge is -2.01. The van der Waals surface area contributed by atoms with Gasteiger partial charge in [-0.3, -0.25) is 4.79 Å². The molecule has 0 heterocycles. The number of sulfone groups is 1. The molecule has 0 saturated heterocycles. The highest BCUT2D eigenvalue weighted by atomic mass is 32.2. The predicted octanol–water partition coefficient (Wildman–Crippen LogP) is 1.57. The standard InChI is InChI=1S/C9H18O3S/c1-3-5-6-7-13(11,12)8-9(10)4-2/h3-8H2,1-2H3. The van der Waals surface area contributed by atoms with Crippen LogP contribution in [0.5, 0.6) is 0 Å². The highest BCUT2D eigenvalue weighted by molar-refractivity contribution is 7.92. The van der Waals surface area contributed by atoms with E-state index in [2.05, 4.69) is 0 Å². The topological polar surface area (TPSA) is 51.2 Å². The molecule has 13 heavy (non-hydrogen) atoms. The van der Waals surface area contributed by atoms with Crippen molar-refractivity contribution < 1.29 is 13.2 Å². The summed E-state index contributed by atoms with van der Waals surface area (Å²) in [5, 5.41) is 0. The number of ketones is 1. The second-order valence-electron chi connectivity index (χ2n) is 3.19. The largest absolute Gasteiger partial charge is 0.299 e. The van der Waals surface area contributed by atoms with Gasteiger partial charge in [0.2, 0.25) is 0 Å². The Morgan fingerprint density at radius 1 is 1.15 bits per heavy atom. The molecule has 0 unspecified atom stereocenters. The zero-order valence-electron chi connectivity index (χ0n) is 8.38. The number of carbonyl (C=O) groups excluding carboxylic acids is 1. The van der Waals surface area contributed by atoms with E-state index in [4.69, 9.17) is 0 Å². The Bertz CT molecular complexity index is 242. The third-order valence-electron chi connectivity index (χ3n) is 1.83. The molecular weight excluding hydrogens is 188 g/mol. The van der Waals surface area contributed by atoms with Crippen LogP contribution in [-0.4, -0.2) is 25.7 Å². The van der Waals surface area contributed by atoms with Crippen molar-refractivity contribution in [2.75, 3.05) is 11.5 Å². The molecule has 0 aromatic carbocycles. The Hall–Kier alpha value is -0.380. The first-order valence-electron chi connectivity index (χ1n) is 4.74. The van der Waals surface area contributed by atoms with Gasteiger partial charge < -0.3 is 0 Å². The highest BCUT2D eigenvalue weighted by Crippen LogP contribution is 2.01. The van der Waals surface area contributed by atoms with Gasteiger partial charge in [0.1, 0.15) is 11.5 Å². The van der Waals surface area contributed by atoms with Crippen LogP contribution in [0.3, 0.4) is 0 Å². The number of rotatable bonds is 7. The molecule has 0 aromatic rings. The Balaban J connectivity index is 3.88. The second-order valence-corrected chi connectivity index (χ2v) is 5.38. The van der Waals surface area contributed by atoms with E-state index < -0.39 is 9.84 Å². The van der Waals surface area contributed by atoms with Crippen molar-refractivity contribution in [3.05, 3.63) is 0 Å². The van der Waals surface area contributed by atoms with E-state index in [9.17, 15) is 13.2 Å². The summed E-state index contributed by atoms with van der Waals surface area (Å²) in [6.07, 6.45) is 2.90. The summed E-state index contributed by atoms with van der Waals surface area (Å²) in [5.41, 5.74) is 0. The van der Waals surface area contributed by atoms with Gasteiger partial charge in [-0.05, 0) is 6.42 Å². The lowest BCUT2D eigenvalue weighted by molar-refractivity contribution is -0.116. The van der Waals surface area contributed by atoms with Gasteiger partial charge in [-0.2, -0.15) is 0 Å². The van der Waals surface area contributed by atoms with Gasteiger partial charge >= 0.3 is 0 Å². The fraction of sp³-hybridized carbons (Fsp3) is 0.889. The molecular formula is C9H18O3S. The number of carbonyl (C=O) groups is 1. The van der Waals surface area contributed by atoms with Gasteiger partial charge in [0, 0.05) is 6.42 Å². The molecule has 78 valence electrons. The van der Waals surface area contributed by atoms with Gasteiger partial charge in [0.05, 0.1) is 5.75 Å². The number of unbranched alkanes of at least 4 members (excludes halogenated alkanes) is 2. The van der Waals surface area contributed by atoms with Crippen LogP contribution in [0.4, 0.5) is 0 Å². The van der Waals surface area contributed by atoms with E-state index >= 15 is 0 Å². The smallest absolute Gasteiger partial charge is 0.157 e. The van der Waals surface area contributed by atoms with Gasteiger partial charge in [0.15, 0.2) is 9.84 Å². The van der Waals surface area contributed by atoms with Gasteiger partial charge in [0.25, 0.3) is 0 Å². The first-order chi connectivity index (χ1) is 6.02. The SMILES string of the molecule is CCCCCS(=O)(=O)CC(=O)CC. The van der Waals surface area contributed by atoms with Crippen molar-refractivity contribution in [3.63, 3.8) is 0 Å². The summed E-state index contributed by atoms with van der Waals surface area (Å²) in [6, 6.07) is 0. The lowest BCUT2D eigenvalue weighted by atomic mass is 10.3. The minimum Gasteiger partial charge on any atom is -0.299 e. The second kappa shape index (κ2) is 6.13. The monoisotopic (exact) mass is 206 g/mol. The molecule has 0 atom stereocenters. The van der Waals surface area contributed by atoms with Crippen LogP contribution >= 0.6 is 0 Å². The minimum atomic E-state index is -3.11. The molecule has 0 saturated carbocycles. The molecule has 0 aliphatic carbocycles. The number of Topliss-reactive ketones (excluding diaryl/α,β-unsaturated/α-hetero) is 1. The van der Waals surface area contributed by atoms with E-state index in [0.29, 0.717) is 12.8 Å². The van der Waals surface area contributed by atoms with Gasteiger partial charge in [-0.1, -0.05) is 26.7 Å². The molecule has 3 nitrogen and oxygen atoms in total. The third kappa shape index (κ3) is 6.75. The van der Waals surface area contributed by atoms with E-state index in [1.165, 1.54) is 0 Å². The molecule has 0 rings (SSSR count). The van der Waals surface area contributed by atoms with E-state index in [-0.39, 0.29) is 17.3 Å². The van der Waals surface area contributed by atoms with Crippen LogP contribution in [0.1, 0.15) is 39.5 Å². The van der Waals surface area contributed by atoms with E-state index in [1.54, 1.807) is 6.92 Å². The normalized spacial score (nSPS) is 11.5. The van der Waals surface area contributed by atoms with Crippen LogP contribution in [0.2, 0.25) is 0 Å². The summed E-state index contributed by atoms with van der Waals surface area (Å²) in [4.78, 5) is 10.9. The van der Waals surface area contributed by atoms with Crippen LogP contribution in [0, 0.1) is 0 Å². The predicted molar refractivity (Wildman–Crippen MR) is 53.5 cm³/mol. The molecule has 0 N–H and O–H groups in total. The molecule has 0 aliphatic heterocycles. The van der Waals surface area contributed by atoms with Crippen molar-refractivity contribution >= 4 is 15.6 Å². The Kier molecular flexibility index (Phi) is 5.95. The number of hydrogen-bond acceptors (Lipinski definition) is 3. The quantitative estimate of drug-likeness (QED) is 0.594. The molecule has 0 aliphatic rings. The lowest BCUT2D eigenvalue weighted by Crippen LogP contribution is -2.18. The molecule has 0 spiro atoms. The molecule has 0 fully saturated rings. The van der Waals surface area contributed by atoms with Crippen molar-refractivity contribution in [3.8, 4) is 0 Å². The number of hydrogen-bond donors (Lipinski definition) is 0. The Labute approximate surface area is 80.4 Å². The summed E-state index contributed by atoms with van der Waals surface area (Å²) < 4.78 is 22.5. The van der Waals surface area contributed by atoms with Crippen molar-refractivity contribution in [1.82, 2.24) is 0 Å². The zero-order valence-corrected chi connectivity index (χ0v) is 9.19. The van der Waals surface area contributed by atoms with Crippen LogP contribution in [0.15, 0.2) is 0 Å².